The van der Waals surface area contributed by atoms with Crippen LogP contribution in [0.1, 0.15) is 30.9 Å². The maximum Gasteiger partial charge on any atom is 0.211 e. The first-order valence-corrected chi connectivity index (χ1v) is 5.68. The van der Waals surface area contributed by atoms with Crippen molar-refractivity contribution in [3.8, 4) is 11.8 Å². The Labute approximate surface area is 96.1 Å². The minimum absolute atomic E-state index is 0.605. The molecule has 2 nitrogen and oxygen atoms in total. The van der Waals surface area contributed by atoms with Crippen molar-refractivity contribution in [2.45, 2.75) is 26.2 Å². The van der Waals surface area contributed by atoms with Crippen LogP contribution in [0.2, 0.25) is 0 Å². The van der Waals surface area contributed by atoms with E-state index in [-0.39, 0.29) is 0 Å². The van der Waals surface area contributed by atoms with E-state index in [0.29, 0.717) is 12.3 Å². The molecule has 1 aromatic carbocycles. The Morgan fingerprint density at radius 2 is 2.31 bits per heavy atom. The number of anilines is 1. The maximum atomic E-state index is 10.5. The van der Waals surface area contributed by atoms with Gasteiger partial charge in [0.05, 0.1) is 0 Å². The second-order valence-corrected chi connectivity index (χ2v) is 4.03. The number of amides is 1. The van der Waals surface area contributed by atoms with Gasteiger partial charge >= 0.3 is 0 Å². The predicted molar refractivity (Wildman–Crippen MR) is 65.1 cm³/mol. The van der Waals surface area contributed by atoms with Gasteiger partial charge in [-0.25, -0.2) is 0 Å². The molecule has 0 aromatic heterocycles. The molecule has 0 aliphatic heterocycles. The quantitative estimate of drug-likeness (QED) is 0.607. The second-order valence-electron chi connectivity index (χ2n) is 4.03. The summed E-state index contributed by atoms with van der Waals surface area (Å²) in [5.41, 5.74) is 3.00. The Bertz CT molecular complexity index is 450. The van der Waals surface area contributed by atoms with Crippen molar-refractivity contribution < 1.29 is 4.79 Å². The predicted octanol–water partition coefficient (Wildman–Crippen LogP) is 2.58. The van der Waals surface area contributed by atoms with Crippen molar-refractivity contribution in [2.75, 3.05) is 5.32 Å². The van der Waals surface area contributed by atoms with E-state index < -0.39 is 0 Å². The Morgan fingerprint density at radius 1 is 1.50 bits per heavy atom. The third-order valence-corrected chi connectivity index (χ3v) is 2.70. The summed E-state index contributed by atoms with van der Waals surface area (Å²) in [7, 11) is 0. The lowest BCUT2D eigenvalue weighted by Crippen LogP contribution is -1.98. The summed E-state index contributed by atoms with van der Waals surface area (Å²) in [6, 6.07) is 6.00. The van der Waals surface area contributed by atoms with Gasteiger partial charge in [-0.2, -0.15) is 0 Å². The first-order chi connectivity index (χ1) is 7.83. The lowest BCUT2D eigenvalue weighted by molar-refractivity contribution is -0.105. The van der Waals surface area contributed by atoms with Gasteiger partial charge in [-0.3, -0.25) is 4.79 Å². The molecule has 2 rings (SSSR count). The standard InChI is InChI=1S/C14H15NO/c1-2-13-8-7-12(6-5-11-3-4-11)9-14(13)15-10-16/h7-11H,2-4H2,1H3,(H,15,16). The fraction of sp³-hybridized carbons (Fsp3) is 0.357. The number of carbonyl (C=O) groups is 1. The second kappa shape index (κ2) is 4.85. The average Bonchev–Trinajstić information content (AvgIpc) is 3.11. The summed E-state index contributed by atoms with van der Waals surface area (Å²) < 4.78 is 0. The fourth-order valence-electron chi connectivity index (χ4n) is 1.57. The van der Waals surface area contributed by atoms with Gasteiger partial charge in [-0.15, -0.1) is 0 Å². The molecule has 0 bridgehead atoms. The number of aryl methyl sites for hydroxylation is 1. The largest absolute Gasteiger partial charge is 0.328 e. The third-order valence-electron chi connectivity index (χ3n) is 2.70. The molecule has 1 amide bonds. The molecule has 1 aliphatic carbocycles. The van der Waals surface area contributed by atoms with Gasteiger partial charge in [0.15, 0.2) is 0 Å². The molecular weight excluding hydrogens is 198 g/mol. The Balaban J connectivity index is 2.23. The summed E-state index contributed by atoms with van der Waals surface area (Å²) in [5, 5.41) is 2.72. The molecule has 1 aliphatic rings. The zero-order valence-electron chi connectivity index (χ0n) is 9.42. The van der Waals surface area contributed by atoms with Gasteiger partial charge in [0.2, 0.25) is 6.41 Å². The summed E-state index contributed by atoms with van der Waals surface area (Å²) in [6.07, 6.45) is 4.10. The fourth-order valence-corrected chi connectivity index (χ4v) is 1.57. The molecule has 2 heteroatoms. The van der Waals surface area contributed by atoms with Gasteiger partial charge in [-0.1, -0.05) is 24.8 Å². The highest BCUT2D eigenvalue weighted by molar-refractivity contribution is 5.74. The zero-order valence-corrected chi connectivity index (χ0v) is 9.42. The number of hydrogen-bond donors (Lipinski definition) is 1. The molecular formula is C14H15NO. The number of hydrogen-bond acceptors (Lipinski definition) is 1. The van der Waals surface area contributed by atoms with Crippen LogP contribution in [0.25, 0.3) is 0 Å². The van der Waals surface area contributed by atoms with E-state index in [1.54, 1.807) is 0 Å². The van der Waals surface area contributed by atoms with Crippen molar-refractivity contribution in [1.82, 2.24) is 0 Å². The highest BCUT2D eigenvalue weighted by Gasteiger charge is 2.17. The molecule has 0 spiro atoms. The van der Waals surface area contributed by atoms with Crippen molar-refractivity contribution in [2.24, 2.45) is 5.92 Å². The van der Waals surface area contributed by atoms with Crippen LogP contribution >= 0.6 is 0 Å². The topological polar surface area (TPSA) is 29.1 Å². The Kier molecular flexibility index (Phi) is 3.26. The first kappa shape index (κ1) is 10.8. The number of rotatable bonds is 3. The van der Waals surface area contributed by atoms with Crippen LogP contribution in [0.5, 0.6) is 0 Å². The number of benzene rings is 1. The van der Waals surface area contributed by atoms with E-state index in [1.807, 2.05) is 18.2 Å². The Hall–Kier alpha value is -1.75. The minimum atomic E-state index is 0.605. The van der Waals surface area contributed by atoms with Crippen LogP contribution in [-0.4, -0.2) is 6.41 Å². The van der Waals surface area contributed by atoms with Crippen LogP contribution < -0.4 is 5.32 Å². The molecule has 0 heterocycles. The number of nitrogens with one attached hydrogen (secondary N) is 1. The highest BCUT2D eigenvalue weighted by atomic mass is 16.1. The van der Waals surface area contributed by atoms with E-state index >= 15 is 0 Å². The van der Waals surface area contributed by atoms with Gasteiger partial charge in [0.1, 0.15) is 0 Å². The van der Waals surface area contributed by atoms with Gasteiger partial charge < -0.3 is 5.32 Å². The minimum Gasteiger partial charge on any atom is -0.328 e. The SMILES string of the molecule is CCc1ccc(C#CC2CC2)cc1NC=O. The van der Waals surface area contributed by atoms with Crippen LogP contribution in [0.3, 0.4) is 0 Å². The van der Waals surface area contributed by atoms with Crippen molar-refractivity contribution in [3.63, 3.8) is 0 Å². The number of carbonyl (C=O) groups excluding carboxylic acids is 1. The van der Waals surface area contributed by atoms with E-state index in [9.17, 15) is 4.79 Å². The molecule has 0 radical (unpaired) electrons. The molecule has 82 valence electrons. The monoisotopic (exact) mass is 213 g/mol. The van der Waals surface area contributed by atoms with Crippen molar-refractivity contribution >= 4 is 12.1 Å². The molecule has 0 saturated heterocycles. The molecule has 0 atom stereocenters. The van der Waals surface area contributed by atoms with E-state index in [0.717, 1.165) is 23.2 Å². The molecule has 16 heavy (non-hydrogen) atoms. The van der Waals surface area contributed by atoms with Crippen molar-refractivity contribution in [1.29, 1.82) is 0 Å². The maximum absolute atomic E-state index is 10.5. The highest BCUT2D eigenvalue weighted by Crippen LogP contribution is 2.27. The van der Waals surface area contributed by atoms with Gasteiger partial charge in [0, 0.05) is 17.2 Å². The molecule has 0 unspecified atom stereocenters. The molecule has 1 saturated carbocycles. The van der Waals surface area contributed by atoms with Crippen LogP contribution in [0, 0.1) is 17.8 Å². The summed E-state index contributed by atoms with van der Waals surface area (Å²) in [6.45, 7) is 2.07. The third kappa shape index (κ3) is 2.64. The molecule has 1 aromatic rings. The summed E-state index contributed by atoms with van der Waals surface area (Å²) >= 11 is 0. The summed E-state index contributed by atoms with van der Waals surface area (Å²) in [4.78, 5) is 10.5. The Morgan fingerprint density at radius 3 is 2.94 bits per heavy atom. The average molecular weight is 213 g/mol. The van der Waals surface area contributed by atoms with E-state index in [1.165, 1.54) is 12.8 Å². The van der Waals surface area contributed by atoms with Crippen LogP contribution in [0.4, 0.5) is 5.69 Å². The lowest BCUT2D eigenvalue weighted by atomic mass is 10.1. The van der Waals surface area contributed by atoms with E-state index in [4.69, 9.17) is 0 Å². The van der Waals surface area contributed by atoms with Crippen LogP contribution in [-0.2, 0) is 11.2 Å². The zero-order chi connectivity index (χ0) is 11.4. The first-order valence-electron chi connectivity index (χ1n) is 5.68. The lowest BCUT2D eigenvalue weighted by Gasteiger charge is -2.06. The molecule has 1 N–H and O–H groups in total. The summed E-state index contributed by atoms with van der Waals surface area (Å²) in [5.74, 6) is 6.97. The molecule has 1 fully saturated rings. The van der Waals surface area contributed by atoms with Gasteiger partial charge in [-0.05, 0) is 37.0 Å². The van der Waals surface area contributed by atoms with Crippen molar-refractivity contribution in [3.05, 3.63) is 29.3 Å². The normalized spacial score (nSPS) is 13.8. The van der Waals surface area contributed by atoms with E-state index in [2.05, 4.69) is 24.1 Å². The van der Waals surface area contributed by atoms with Gasteiger partial charge in [0.25, 0.3) is 0 Å². The smallest absolute Gasteiger partial charge is 0.211 e. The van der Waals surface area contributed by atoms with Crippen LogP contribution in [0.15, 0.2) is 18.2 Å².